The number of rotatable bonds is 5. The predicted molar refractivity (Wildman–Crippen MR) is 59.1 cm³/mol. The van der Waals surface area contributed by atoms with Crippen molar-refractivity contribution in [3.05, 3.63) is 29.8 Å². The molecule has 0 saturated carbocycles. The first-order chi connectivity index (χ1) is 7.15. The van der Waals surface area contributed by atoms with Crippen LogP contribution < -0.4 is 4.74 Å². The van der Waals surface area contributed by atoms with E-state index in [9.17, 15) is 5.11 Å². The summed E-state index contributed by atoms with van der Waals surface area (Å²) in [6.45, 7) is 4.03. The molecule has 0 radical (unpaired) electrons. The summed E-state index contributed by atoms with van der Waals surface area (Å²) in [6, 6.07) is 7.74. The second-order valence-corrected chi connectivity index (χ2v) is 3.84. The zero-order valence-electron chi connectivity index (χ0n) is 9.18. The first-order valence-electron chi connectivity index (χ1n) is 5.15. The molecule has 0 aliphatic carbocycles. The molecule has 2 N–H and O–H groups in total. The van der Waals surface area contributed by atoms with E-state index in [0.717, 1.165) is 11.3 Å². The van der Waals surface area contributed by atoms with Gasteiger partial charge < -0.3 is 14.9 Å². The lowest BCUT2D eigenvalue weighted by Gasteiger charge is -2.15. The van der Waals surface area contributed by atoms with E-state index in [-0.39, 0.29) is 13.2 Å². The van der Waals surface area contributed by atoms with E-state index in [1.807, 2.05) is 24.3 Å². The highest BCUT2D eigenvalue weighted by Gasteiger charge is 2.08. The molecule has 1 aromatic carbocycles. The molecule has 3 heteroatoms. The molecule has 0 aliphatic rings. The highest BCUT2D eigenvalue weighted by atomic mass is 16.5. The van der Waals surface area contributed by atoms with Gasteiger partial charge in [-0.25, -0.2) is 0 Å². The number of aliphatic hydroxyl groups is 2. The monoisotopic (exact) mass is 210 g/mol. The smallest absolute Gasteiger partial charge is 0.122 e. The predicted octanol–water partition coefficient (Wildman–Crippen LogP) is 1.54. The van der Waals surface area contributed by atoms with Crippen LogP contribution in [0.25, 0.3) is 0 Å². The summed E-state index contributed by atoms with van der Waals surface area (Å²) in [5.41, 5.74) is 1.11. The van der Waals surface area contributed by atoms with Gasteiger partial charge in [0.15, 0.2) is 0 Å². The van der Waals surface area contributed by atoms with Gasteiger partial charge in [-0.15, -0.1) is 0 Å². The lowest BCUT2D eigenvalue weighted by Crippen LogP contribution is -2.21. The third-order valence-corrected chi connectivity index (χ3v) is 2.18. The molecule has 0 heterocycles. The van der Waals surface area contributed by atoms with E-state index in [1.54, 1.807) is 0 Å². The number of para-hydroxylation sites is 1. The highest BCUT2D eigenvalue weighted by Crippen LogP contribution is 2.25. The normalized spacial score (nSPS) is 12.9. The Morgan fingerprint density at radius 3 is 2.53 bits per heavy atom. The van der Waals surface area contributed by atoms with Gasteiger partial charge in [-0.1, -0.05) is 32.0 Å². The van der Waals surface area contributed by atoms with E-state index < -0.39 is 6.10 Å². The van der Waals surface area contributed by atoms with Crippen molar-refractivity contribution in [1.29, 1.82) is 0 Å². The number of hydrogen-bond donors (Lipinski definition) is 2. The maximum absolute atomic E-state index is 9.17. The second kappa shape index (κ2) is 5.73. The van der Waals surface area contributed by atoms with Crippen molar-refractivity contribution in [2.45, 2.75) is 25.9 Å². The topological polar surface area (TPSA) is 49.7 Å². The van der Waals surface area contributed by atoms with Crippen molar-refractivity contribution in [3.8, 4) is 5.75 Å². The van der Waals surface area contributed by atoms with Crippen molar-refractivity contribution in [3.63, 3.8) is 0 Å². The maximum Gasteiger partial charge on any atom is 0.122 e. The van der Waals surface area contributed by atoms with Crippen LogP contribution in [-0.2, 0) is 0 Å². The number of hydrogen-bond acceptors (Lipinski definition) is 3. The van der Waals surface area contributed by atoms with Crippen LogP contribution in [0, 0.1) is 0 Å². The first-order valence-corrected chi connectivity index (χ1v) is 5.15. The van der Waals surface area contributed by atoms with Gasteiger partial charge >= 0.3 is 0 Å². The molecule has 0 aromatic heterocycles. The Hall–Kier alpha value is -1.06. The zero-order chi connectivity index (χ0) is 11.3. The fourth-order valence-electron chi connectivity index (χ4n) is 1.33. The fourth-order valence-corrected chi connectivity index (χ4v) is 1.33. The van der Waals surface area contributed by atoms with Gasteiger partial charge in [0.25, 0.3) is 0 Å². The summed E-state index contributed by atoms with van der Waals surface area (Å²) in [7, 11) is 0. The quantitative estimate of drug-likeness (QED) is 0.775. The Morgan fingerprint density at radius 1 is 1.27 bits per heavy atom. The van der Waals surface area contributed by atoms with E-state index in [2.05, 4.69) is 13.8 Å². The molecule has 84 valence electrons. The van der Waals surface area contributed by atoms with E-state index in [0.29, 0.717) is 5.92 Å². The molecule has 0 spiro atoms. The molecule has 0 bridgehead atoms. The van der Waals surface area contributed by atoms with Crippen LogP contribution in [0.3, 0.4) is 0 Å². The molecule has 3 nitrogen and oxygen atoms in total. The molecule has 0 aliphatic heterocycles. The van der Waals surface area contributed by atoms with Crippen LogP contribution in [0.5, 0.6) is 5.75 Å². The van der Waals surface area contributed by atoms with Crippen LogP contribution in [0.2, 0.25) is 0 Å². The van der Waals surface area contributed by atoms with Crippen molar-refractivity contribution < 1.29 is 14.9 Å². The largest absolute Gasteiger partial charge is 0.491 e. The minimum atomic E-state index is -0.815. The molecule has 15 heavy (non-hydrogen) atoms. The van der Waals surface area contributed by atoms with Crippen LogP contribution in [0.1, 0.15) is 25.3 Å². The molecule has 0 amide bonds. The maximum atomic E-state index is 9.17. The standard InChI is InChI=1S/C12H18O3/c1-9(2)11-5-3-4-6-12(11)15-8-10(14)7-13/h3-6,9-10,13-14H,7-8H2,1-2H3/t10-/m1/s1. The highest BCUT2D eigenvalue weighted by molar-refractivity contribution is 5.35. The Balaban J connectivity index is 2.67. The average molecular weight is 210 g/mol. The van der Waals surface area contributed by atoms with E-state index in [1.165, 1.54) is 0 Å². The third-order valence-electron chi connectivity index (χ3n) is 2.18. The molecular formula is C12H18O3. The minimum Gasteiger partial charge on any atom is -0.491 e. The Bertz CT molecular complexity index is 297. The van der Waals surface area contributed by atoms with Gasteiger partial charge in [0, 0.05) is 0 Å². The number of benzene rings is 1. The molecular weight excluding hydrogens is 192 g/mol. The summed E-state index contributed by atoms with van der Waals surface area (Å²) in [6.07, 6.45) is -0.815. The van der Waals surface area contributed by atoms with E-state index in [4.69, 9.17) is 9.84 Å². The van der Waals surface area contributed by atoms with Gasteiger partial charge in [0.05, 0.1) is 6.61 Å². The SMILES string of the molecule is CC(C)c1ccccc1OC[C@H](O)CO. The summed E-state index contributed by atoms with van der Waals surface area (Å²) < 4.78 is 5.44. The summed E-state index contributed by atoms with van der Waals surface area (Å²) in [5.74, 6) is 1.16. The molecule has 0 saturated heterocycles. The Kier molecular flexibility index (Phi) is 4.59. The molecule has 1 atom stereocenters. The lowest BCUT2D eigenvalue weighted by atomic mass is 10.0. The van der Waals surface area contributed by atoms with Crippen molar-refractivity contribution in [2.24, 2.45) is 0 Å². The van der Waals surface area contributed by atoms with Crippen LogP contribution in [0.15, 0.2) is 24.3 Å². The first kappa shape index (κ1) is 12.0. The molecule has 0 unspecified atom stereocenters. The van der Waals surface area contributed by atoms with Gasteiger partial charge in [-0.3, -0.25) is 0 Å². The van der Waals surface area contributed by atoms with Crippen LogP contribution in [-0.4, -0.2) is 29.5 Å². The summed E-state index contributed by atoms with van der Waals surface area (Å²) in [5, 5.41) is 17.8. The third kappa shape index (κ3) is 3.53. The van der Waals surface area contributed by atoms with Gasteiger partial charge in [-0.2, -0.15) is 0 Å². The lowest BCUT2D eigenvalue weighted by molar-refractivity contribution is 0.0532. The Labute approximate surface area is 90.3 Å². The molecule has 0 fully saturated rings. The minimum absolute atomic E-state index is 0.125. The fraction of sp³-hybridized carbons (Fsp3) is 0.500. The van der Waals surface area contributed by atoms with Crippen molar-refractivity contribution in [2.75, 3.05) is 13.2 Å². The molecule has 1 rings (SSSR count). The summed E-state index contributed by atoms with van der Waals surface area (Å²) >= 11 is 0. The van der Waals surface area contributed by atoms with Gasteiger partial charge in [-0.05, 0) is 17.5 Å². The van der Waals surface area contributed by atoms with Crippen molar-refractivity contribution in [1.82, 2.24) is 0 Å². The van der Waals surface area contributed by atoms with Crippen LogP contribution >= 0.6 is 0 Å². The van der Waals surface area contributed by atoms with Gasteiger partial charge in [0.2, 0.25) is 0 Å². The van der Waals surface area contributed by atoms with Gasteiger partial charge in [0.1, 0.15) is 18.5 Å². The van der Waals surface area contributed by atoms with Crippen molar-refractivity contribution >= 4 is 0 Å². The number of aliphatic hydroxyl groups excluding tert-OH is 2. The average Bonchev–Trinajstić information content (AvgIpc) is 2.26. The second-order valence-electron chi connectivity index (χ2n) is 3.84. The molecule has 1 aromatic rings. The Morgan fingerprint density at radius 2 is 1.93 bits per heavy atom. The number of ether oxygens (including phenoxy) is 1. The zero-order valence-corrected chi connectivity index (χ0v) is 9.18. The summed E-state index contributed by atoms with van der Waals surface area (Å²) in [4.78, 5) is 0. The van der Waals surface area contributed by atoms with E-state index >= 15 is 0 Å². The van der Waals surface area contributed by atoms with Crippen LogP contribution in [0.4, 0.5) is 0 Å².